The minimum absolute atomic E-state index is 0.0230. The number of anilines is 1. The second-order valence-electron chi connectivity index (χ2n) is 11.6. The molecule has 0 spiro atoms. The summed E-state index contributed by atoms with van der Waals surface area (Å²) in [5.41, 5.74) is 2.84. The molecule has 4 aromatic carbocycles. The predicted octanol–water partition coefficient (Wildman–Crippen LogP) is 6.05. The van der Waals surface area contributed by atoms with E-state index < -0.39 is 40.2 Å². The van der Waals surface area contributed by atoms with Gasteiger partial charge >= 0.3 is 0 Å². The van der Waals surface area contributed by atoms with E-state index in [0.29, 0.717) is 17.8 Å². The largest absolute Gasteiger partial charge is 0.354 e. The van der Waals surface area contributed by atoms with Crippen LogP contribution in [0.1, 0.15) is 36.1 Å². The van der Waals surface area contributed by atoms with Gasteiger partial charge in [-0.05, 0) is 60.7 Å². The van der Waals surface area contributed by atoms with Crippen LogP contribution in [0, 0.1) is 25.6 Å². The Morgan fingerprint density at radius 1 is 0.844 bits per heavy atom. The maximum Gasteiger partial charge on any atom is 0.264 e. The van der Waals surface area contributed by atoms with E-state index >= 15 is 4.39 Å². The molecule has 0 heterocycles. The fraction of sp³-hybridized carbons (Fsp3) is 0.278. The van der Waals surface area contributed by atoms with Crippen LogP contribution in [0.2, 0.25) is 0 Å². The van der Waals surface area contributed by atoms with Gasteiger partial charge in [-0.25, -0.2) is 12.8 Å². The van der Waals surface area contributed by atoms with E-state index in [9.17, 15) is 18.0 Å². The Morgan fingerprint density at radius 3 is 2.11 bits per heavy atom. The Labute approximate surface area is 265 Å². The van der Waals surface area contributed by atoms with Crippen molar-refractivity contribution in [3.63, 3.8) is 0 Å². The Kier molecular flexibility index (Phi) is 11.1. The first-order valence-electron chi connectivity index (χ1n) is 15.0. The molecule has 0 fully saturated rings. The van der Waals surface area contributed by atoms with Crippen molar-refractivity contribution < 1.29 is 22.4 Å². The topological polar surface area (TPSA) is 86.8 Å². The van der Waals surface area contributed by atoms with Crippen LogP contribution in [0.15, 0.2) is 108 Å². The quantitative estimate of drug-likeness (QED) is 0.195. The van der Waals surface area contributed by atoms with Gasteiger partial charge in [-0.1, -0.05) is 92.7 Å². The van der Waals surface area contributed by atoms with Crippen LogP contribution in [0.5, 0.6) is 0 Å². The Balaban J connectivity index is 1.83. The van der Waals surface area contributed by atoms with Crippen LogP contribution in [0.4, 0.5) is 10.1 Å². The molecule has 2 amide bonds. The fourth-order valence-electron chi connectivity index (χ4n) is 5.01. The van der Waals surface area contributed by atoms with Crippen molar-refractivity contribution in [2.75, 3.05) is 17.4 Å². The zero-order valence-corrected chi connectivity index (χ0v) is 26.9. The molecule has 4 aromatic rings. The molecule has 4 rings (SSSR count). The van der Waals surface area contributed by atoms with E-state index in [1.54, 1.807) is 55.5 Å². The number of halogens is 1. The van der Waals surface area contributed by atoms with E-state index in [4.69, 9.17) is 0 Å². The first kappa shape index (κ1) is 33.4. The third kappa shape index (κ3) is 8.57. The van der Waals surface area contributed by atoms with Gasteiger partial charge < -0.3 is 10.2 Å². The maximum atomic E-state index is 15.0. The number of hydrogen-bond donors (Lipinski definition) is 1. The lowest BCUT2D eigenvalue weighted by Crippen LogP contribution is -2.54. The van der Waals surface area contributed by atoms with Gasteiger partial charge in [0.05, 0.1) is 10.6 Å². The molecule has 1 N–H and O–H groups in total. The number of nitrogens with one attached hydrogen (secondary N) is 1. The molecule has 236 valence electrons. The molecule has 0 saturated heterocycles. The summed E-state index contributed by atoms with van der Waals surface area (Å²) in [6, 6.07) is 27.6. The highest BCUT2D eigenvalue weighted by Crippen LogP contribution is 2.29. The van der Waals surface area contributed by atoms with Gasteiger partial charge in [0.2, 0.25) is 11.8 Å². The van der Waals surface area contributed by atoms with Crippen molar-refractivity contribution in [3.05, 3.63) is 131 Å². The summed E-state index contributed by atoms with van der Waals surface area (Å²) in [6.07, 6.45) is 0.153. The molecule has 0 saturated carbocycles. The lowest BCUT2D eigenvalue weighted by atomic mass is 10.0. The highest BCUT2D eigenvalue weighted by molar-refractivity contribution is 7.92. The SMILES string of the molecule is Cc1ccc(C)c(N(CC(=O)N(Cc2ccccc2F)[C@H](Cc2ccccc2)C(=O)NCC(C)C)S(=O)(=O)c2ccccc2)c1. The smallest absolute Gasteiger partial charge is 0.264 e. The Hall–Kier alpha value is -4.50. The summed E-state index contributed by atoms with van der Waals surface area (Å²) in [6.45, 7) is 7.10. The van der Waals surface area contributed by atoms with Crippen LogP contribution < -0.4 is 9.62 Å². The molecule has 0 aliphatic heterocycles. The minimum Gasteiger partial charge on any atom is -0.354 e. The second kappa shape index (κ2) is 15.0. The zero-order chi connectivity index (χ0) is 32.6. The molecule has 9 heteroatoms. The lowest BCUT2D eigenvalue weighted by Gasteiger charge is -2.34. The molecule has 0 aromatic heterocycles. The van der Waals surface area contributed by atoms with Crippen LogP contribution >= 0.6 is 0 Å². The van der Waals surface area contributed by atoms with Gasteiger partial charge in [0.1, 0.15) is 18.4 Å². The molecule has 0 aliphatic carbocycles. The highest BCUT2D eigenvalue weighted by atomic mass is 32.2. The van der Waals surface area contributed by atoms with E-state index in [1.165, 1.54) is 23.1 Å². The predicted molar refractivity (Wildman–Crippen MR) is 176 cm³/mol. The van der Waals surface area contributed by atoms with Gasteiger partial charge in [-0.3, -0.25) is 13.9 Å². The molecule has 7 nitrogen and oxygen atoms in total. The van der Waals surface area contributed by atoms with Crippen LogP contribution in [0.3, 0.4) is 0 Å². The van der Waals surface area contributed by atoms with Crippen molar-refractivity contribution in [2.24, 2.45) is 5.92 Å². The van der Waals surface area contributed by atoms with Crippen molar-refractivity contribution in [1.82, 2.24) is 10.2 Å². The molecule has 0 bridgehead atoms. The summed E-state index contributed by atoms with van der Waals surface area (Å²) in [4.78, 5) is 29.7. The number of rotatable bonds is 13. The maximum absolute atomic E-state index is 15.0. The summed E-state index contributed by atoms with van der Waals surface area (Å²) < 4.78 is 44.4. The average Bonchev–Trinajstić information content (AvgIpc) is 3.03. The molecule has 1 atom stereocenters. The number of hydrogen-bond acceptors (Lipinski definition) is 4. The zero-order valence-electron chi connectivity index (χ0n) is 26.1. The standard InChI is InChI=1S/C36H40FN3O4S/c1-26(2)23-38-36(42)34(22-29-13-7-5-8-14-29)39(24-30-15-11-12-18-32(30)37)35(41)25-40(33-21-27(3)19-20-28(33)4)45(43,44)31-16-9-6-10-17-31/h5-21,26,34H,22-25H2,1-4H3,(H,38,42)/t34-/m1/s1. The Bertz CT molecular complexity index is 1710. The molecule has 0 radical (unpaired) electrons. The van der Waals surface area contributed by atoms with Gasteiger partial charge in [0.25, 0.3) is 10.0 Å². The minimum atomic E-state index is -4.22. The van der Waals surface area contributed by atoms with Crippen molar-refractivity contribution in [1.29, 1.82) is 0 Å². The van der Waals surface area contributed by atoms with Crippen molar-refractivity contribution in [2.45, 2.75) is 51.6 Å². The third-order valence-corrected chi connectivity index (χ3v) is 9.27. The number of carbonyl (C=O) groups is 2. The number of amides is 2. The molecule has 0 unspecified atom stereocenters. The van der Waals surface area contributed by atoms with E-state index in [-0.39, 0.29) is 29.3 Å². The van der Waals surface area contributed by atoms with E-state index in [0.717, 1.165) is 15.4 Å². The average molecular weight is 630 g/mol. The highest BCUT2D eigenvalue weighted by Gasteiger charge is 2.35. The summed E-state index contributed by atoms with van der Waals surface area (Å²) in [5.74, 6) is -1.42. The van der Waals surface area contributed by atoms with Gasteiger partial charge in [0, 0.05) is 25.1 Å². The number of carbonyl (C=O) groups excluding carboxylic acids is 2. The fourth-order valence-corrected chi connectivity index (χ4v) is 6.50. The number of sulfonamides is 1. The van der Waals surface area contributed by atoms with E-state index in [2.05, 4.69) is 5.32 Å². The molecular weight excluding hydrogens is 589 g/mol. The van der Waals surface area contributed by atoms with Gasteiger partial charge in [-0.2, -0.15) is 0 Å². The second-order valence-corrected chi connectivity index (χ2v) is 13.4. The summed E-state index contributed by atoms with van der Waals surface area (Å²) in [5, 5.41) is 2.94. The third-order valence-electron chi connectivity index (χ3n) is 7.50. The molecular formula is C36H40FN3O4S. The monoisotopic (exact) mass is 629 g/mol. The number of benzene rings is 4. The summed E-state index contributed by atoms with van der Waals surface area (Å²) >= 11 is 0. The molecule has 45 heavy (non-hydrogen) atoms. The summed E-state index contributed by atoms with van der Waals surface area (Å²) in [7, 11) is -4.22. The normalized spacial score (nSPS) is 12.0. The van der Waals surface area contributed by atoms with Crippen molar-refractivity contribution in [3.8, 4) is 0 Å². The van der Waals surface area contributed by atoms with Gasteiger partial charge in [-0.15, -0.1) is 0 Å². The van der Waals surface area contributed by atoms with Gasteiger partial charge in [0.15, 0.2) is 0 Å². The number of aryl methyl sites for hydroxylation is 2. The van der Waals surface area contributed by atoms with E-state index in [1.807, 2.05) is 57.2 Å². The first-order valence-corrected chi connectivity index (χ1v) is 16.4. The van der Waals surface area contributed by atoms with Crippen LogP contribution in [-0.4, -0.2) is 44.3 Å². The van der Waals surface area contributed by atoms with Crippen LogP contribution in [0.25, 0.3) is 0 Å². The molecule has 0 aliphatic rings. The first-order chi connectivity index (χ1) is 21.5. The lowest BCUT2D eigenvalue weighted by molar-refractivity contribution is -0.140. The Morgan fingerprint density at radius 2 is 1.47 bits per heavy atom. The number of nitrogens with zero attached hydrogens (tertiary/aromatic N) is 2. The van der Waals surface area contributed by atoms with Crippen LogP contribution in [-0.2, 0) is 32.6 Å². The van der Waals surface area contributed by atoms with Crippen molar-refractivity contribution >= 4 is 27.5 Å².